The van der Waals surface area contributed by atoms with Gasteiger partial charge in [-0.3, -0.25) is 4.79 Å². The Morgan fingerprint density at radius 1 is 1.50 bits per heavy atom. The molecule has 18 heavy (non-hydrogen) atoms. The summed E-state index contributed by atoms with van der Waals surface area (Å²) in [5.74, 6) is -1.31. The molecular formula is C12H19NO4S. The minimum absolute atomic E-state index is 0.0552. The van der Waals surface area contributed by atoms with Crippen LogP contribution in [-0.2, 0) is 19.4 Å². The van der Waals surface area contributed by atoms with Crippen molar-refractivity contribution in [2.24, 2.45) is 11.8 Å². The zero-order chi connectivity index (χ0) is 14.0. The van der Waals surface area contributed by atoms with Crippen molar-refractivity contribution in [3.8, 4) is 6.07 Å². The molecule has 0 heterocycles. The third-order valence-electron chi connectivity index (χ3n) is 3.73. The minimum Gasteiger partial charge on any atom is -0.466 e. The van der Waals surface area contributed by atoms with Gasteiger partial charge in [-0.2, -0.15) is 5.26 Å². The van der Waals surface area contributed by atoms with Gasteiger partial charge in [0.25, 0.3) is 0 Å². The van der Waals surface area contributed by atoms with Gasteiger partial charge in [-0.05, 0) is 25.7 Å². The van der Waals surface area contributed by atoms with Crippen LogP contribution in [0.15, 0.2) is 0 Å². The van der Waals surface area contributed by atoms with Crippen molar-refractivity contribution in [2.45, 2.75) is 38.4 Å². The van der Waals surface area contributed by atoms with Crippen molar-refractivity contribution < 1.29 is 17.9 Å². The molecule has 1 fully saturated rings. The molecule has 0 aromatic heterocycles. The van der Waals surface area contributed by atoms with Crippen LogP contribution in [0.5, 0.6) is 0 Å². The SMILES string of the molecule is CCOC(=O)[C@H]1C[C@@H](C)[C@@](C#N)(S(=O)(=O)CC)C1. The van der Waals surface area contributed by atoms with Gasteiger partial charge in [0.1, 0.15) is 0 Å². The zero-order valence-electron chi connectivity index (χ0n) is 11.0. The third-order valence-corrected chi connectivity index (χ3v) is 6.26. The molecule has 0 aromatic rings. The zero-order valence-corrected chi connectivity index (χ0v) is 11.8. The second-order valence-corrected chi connectivity index (χ2v) is 7.23. The van der Waals surface area contributed by atoms with Crippen LogP contribution >= 0.6 is 0 Å². The van der Waals surface area contributed by atoms with E-state index in [1.165, 1.54) is 6.92 Å². The molecule has 1 aliphatic rings. The molecule has 0 bridgehead atoms. The predicted molar refractivity (Wildman–Crippen MR) is 66.3 cm³/mol. The average molecular weight is 273 g/mol. The van der Waals surface area contributed by atoms with Crippen molar-refractivity contribution >= 4 is 15.8 Å². The molecule has 102 valence electrons. The normalized spacial score (nSPS) is 31.9. The molecule has 1 rings (SSSR count). The van der Waals surface area contributed by atoms with Crippen molar-refractivity contribution in [2.75, 3.05) is 12.4 Å². The van der Waals surface area contributed by atoms with Gasteiger partial charge in [0.2, 0.25) is 0 Å². The molecule has 1 saturated carbocycles. The maximum Gasteiger partial charge on any atom is 0.309 e. The molecular weight excluding hydrogens is 254 g/mol. The van der Waals surface area contributed by atoms with Crippen LogP contribution in [-0.4, -0.2) is 31.5 Å². The topological polar surface area (TPSA) is 84.2 Å². The Balaban J connectivity index is 3.06. The molecule has 0 saturated heterocycles. The molecule has 1 aliphatic carbocycles. The van der Waals surface area contributed by atoms with Crippen LogP contribution in [0.1, 0.15) is 33.6 Å². The highest BCUT2D eigenvalue weighted by atomic mass is 32.2. The fourth-order valence-corrected chi connectivity index (χ4v) is 4.44. The fourth-order valence-electron chi connectivity index (χ4n) is 2.62. The van der Waals surface area contributed by atoms with E-state index in [2.05, 4.69) is 0 Å². The van der Waals surface area contributed by atoms with Gasteiger partial charge in [-0.25, -0.2) is 8.42 Å². The largest absolute Gasteiger partial charge is 0.466 e. The maximum atomic E-state index is 12.1. The first-order valence-electron chi connectivity index (χ1n) is 6.14. The Morgan fingerprint density at radius 3 is 2.56 bits per heavy atom. The van der Waals surface area contributed by atoms with Crippen molar-refractivity contribution in [1.29, 1.82) is 5.26 Å². The molecule has 0 aromatic carbocycles. The van der Waals surface area contributed by atoms with E-state index in [0.717, 1.165) is 0 Å². The van der Waals surface area contributed by atoms with Crippen molar-refractivity contribution in [3.05, 3.63) is 0 Å². The number of sulfone groups is 1. The van der Waals surface area contributed by atoms with E-state index in [4.69, 9.17) is 4.74 Å². The number of rotatable bonds is 4. The summed E-state index contributed by atoms with van der Waals surface area (Å²) in [6.07, 6.45) is 0.450. The van der Waals surface area contributed by atoms with Crippen LogP contribution in [0, 0.1) is 23.2 Å². The summed E-state index contributed by atoms with van der Waals surface area (Å²) >= 11 is 0. The quantitative estimate of drug-likeness (QED) is 0.721. The molecule has 0 unspecified atom stereocenters. The van der Waals surface area contributed by atoms with E-state index < -0.39 is 26.5 Å². The highest BCUT2D eigenvalue weighted by Crippen LogP contribution is 2.45. The monoisotopic (exact) mass is 273 g/mol. The summed E-state index contributed by atoms with van der Waals surface area (Å²) in [6, 6.07) is 1.95. The van der Waals surface area contributed by atoms with Gasteiger partial charge in [0, 0.05) is 5.75 Å². The number of esters is 1. The molecule has 0 aliphatic heterocycles. The maximum absolute atomic E-state index is 12.1. The van der Waals surface area contributed by atoms with E-state index in [9.17, 15) is 18.5 Å². The van der Waals surface area contributed by atoms with E-state index in [1.807, 2.05) is 6.07 Å². The molecule has 0 amide bonds. The van der Waals surface area contributed by atoms with Crippen LogP contribution in [0.3, 0.4) is 0 Å². The molecule has 6 heteroatoms. The van der Waals surface area contributed by atoms with Gasteiger partial charge in [0.05, 0.1) is 18.6 Å². The second kappa shape index (κ2) is 5.27. The van der Waals surface area contributed by atoms with E-state index in [1.54, 1.807) is 13.8 Å². The van der Waals surface area contributed by atoms with Crippen LogP contribution in [0.4, 0.5) is 0 Å². The van der Waals surface area contributed by atoms with E-state index in [0.29, 0.717) is 6.42 Å². The van der Waals surface area contributed by atoms with Crippen LogP contribution in [0.2, 0.25) is 0 Å². The van der Waals surface area contributed by atoms with Gasteiger partial charge in [0.15, 0.2) is 14.6 Å². The van der Waals surface area contributed by atoms with Gasteiger partial charge in [-0.15, -0.1) is 0 Å². The smallest absolute Gasteiger partial charge is 0.309 e. The number of hydrogen-bond acceptors (Lipinski definition) is 5. The summed E-state index contributed by atoms with van der Waals surface area (Å²) in [5.41, 5.74) is 0. The lowest BCUT2D eigenvalue weighted by Gasteiger charge is -2.24. The number of carbonyl (C=O) groups excluding carboxylic acids is 1. The highest BCUT2D eigenvalue weighted by molar-refractivity contribution is 7.93. The summed E-state index contributed by atoms with van der Waals surface area (Å²) in [7, 11) is -3.51. The number of ether oxygens (including phenoxy) is 1. The highest BCUT2D eigenvalue weighted by Gasteiger charge is 2.56. The Hall–Kier alpha value is -1.09. The van der Waals surface area contributed by atoms with Crippen LogP contribution in [0.25, 0.3) is 0 Å². The fraction of sp³-hybridized carbons (Fsp3) is 0.833. The first-order valence-corrected chi connectivity index (χ1v) is 7.80. The van der Waals surface area contributed by atoms with Gasteiger partial charge in [-0.1, -0.05) is 13.8 Å². The Kier molecular flexibility index (Phi) is 4.38. The first kappa shape index (κ1) is 15.0. The minimum atomic E-state index is -3.51. The van der Waals surface area contributed by atoms with E-state index >= 15 is 0 Å². The number of hydrogen-bond donors (Lipinski definition) is 0. The lowest BCUT2D eigenvalue weighted by molar-refractivity contribution is -0.147. The molecule has 0 radical (unpaired) electrons. The Morgan fingerprint density at radius 2 is 2.11 bits per heavy atom. The molecule has 5 nitrogen and oxygen atoms in total. The second-order valence-electron chi connectivity index (χ2n) is 4.69. The molecule has 0 N–H and O–H groups in total. The standard InChI is InChI=1S/C12H19NO4S/c1-4-17-11(14)10-6-9(3)12(7-10,8-13)18(15,16)5-2/h9-10H,4-7H2,1-3H3/t9-,10+,12-/m1/s1. The molecule has 0 spiro atoms. The number of nitrogens with zero attached hydrogens (tertiary/aromatic N) is 1. The summed E-state index contributed by atoms with van der Waals surface area (Å²) < 4.78 is 27.7. The van der Waals surface area contributed by atoms with E-state index in [-0.39, 0.29) is 24.7 Å². The first-order chi connectivity index (χ1) is 8.34. The van der Waals surface area contributed by atoms with Gasteiger partial charge >= 0.3 is 5.97 Å². The van der Waals surface area contributed by atoms with Gasteiger partial charge < -0.3 is 4.74 Å². The Bertz CT molecular complexity index is 465. The summed E-state index contributed by atoms with van der Waals surface area (Å²) in [4.78, 5) is 11.7. The predicted octanol–water partition coefficient (Wildman–Crippen LogP) is 1.29. The number of carbonyl (C=O) groups is 1. The summed E-state index contributed by atoms with van der Waals surface area (Å²) in [5, 5.41) is 9.30. The summed E-state index contributed by atoms with van der Waals surface area (Å²) in [6.45, 7) is 5.22. The lowest BCUT2D eigenvalue weighted by atomic mass is 9.99. The van der Waals surface area contributed by atoms with Crippen molar-refractivity contribution in [3.63, 3.8) is 0 Å². The average Bonchev–Trinajstić information content (AvgIpc) is 2.68. The van der Waals surface area contributed by atoms with Crippen molar-refractivity contribution in [1.82, 2.24) is 0 Å². The molecule has 3 atom stereocenters. The Labute approximate surface area is 108 Å². The third kappa shape index (κ3) is 2.24. The number of nitriles is 1. The lowest BCUT2D eigenvalue weighted by Crippen LogP contribution is -2.41. The van der Waals surface area contributed by atoms with Crippen LogP contribution < -0.4 is 0 Å².